The molecule has 0 fully saturated rings. The number of amides is 1. The highest BCUT2D eigenvalue weighted by atomic mass is 79.9. The molecule has 88 valence electrons. The molecule has 0 saturated heterocycles. The fourth-order valence-electron chi connectivity index (χ4n) is 1.20. The first-order valence-electron chi connectivity index (χ1n) is 4.75. The second kappa shape index (κ2) is 6.25. The van der Waals surface area contributed by atoms with E-state index in [0.717, 1.165) is 5.75 Å². The maximum Gasteiger partial charge on any atom is 0.254 e. The number of thioether (sulfide) groups is 1. The molecule has 1 aromatic rings. The summed E-state index contributed by atoms with van der Waals surface area (Å²) in [6.45, 7) is 0.684. The Morgan fingerprint density at radius 3 is 2.81 bits per heavy atom. The molecule has 0 aliphatic rings. The largest absolute Gasteiger partial charge is 0.341 e. The van der Waals surface area contributed by atoms with Crippen molar-refractivity contribution in [3.8, 4) is 0 Å². The maximum absolute atomic E-state index is 12.9. The van der Waals surface area contributed by atoms with Crippen molar-refractivity contribution in [2.45, 2.75) is 0 Å². The second-order valence-corrected chi connectivity index (χ2v) is 5.18. The lowest BCUT2D eigenvalue weighted by Crippen LogP contribution is -2.29. The Balaban J connectivity index is 2.79. The molecule has 2 nitrogen and oxygen atoms in total. The topological polar surface area (TPSA) is 20.3 Å². The van der Waals surface area contributed by atoms with Gasteiger partial charge in [0.2, 0.25) is 0 Å². The number of hydrogen-bond acceptors (Lipinski definition) is 2. The van der Waals surface area contributed by atoms with Crippen LogP contribution in [0.25, 0.3) is 0 Å². The van der Waals surface area contributed by atoms with Crippen LogP contribution in [0.5, 0.6) is 0 Å². The summed E-state index contributed by atoms with van der Waals surface area (Å²) in [7, 11) is 1.74. The van der Waals surface area contributed by atoms with E-state index in [1.165, 1.54) is 18.2 Å². The molecule has 1 aromatic carbocycles. The summed E-state index contributed by atoms with van der Waals surface area (Å²) in [6.07, 6.45) is 1.99. The Labute approximate surface area is 107 Å². The third-order valence-electron chi connectivity index (χ3n) is 2.14. The highest BCUT2D eigenvalue weighted by Crippen LogP contribution is 2.19. The van der Waals surface area contributed by atoms with E-state index in [1.807, 2.05) is 6.26 Å². The van der Waals surface area contributed by atoms with E-state index < -0.39 is 0 Å². The van der Waals surface area contributed by atoms with E-state index in [9.17, 15) is 9.18 Å². The third kappa shape index (κ3) is 3.49. The molecule has 0 heterocycles. The van der Waals surface area contributed by atoms with Crippen molar-refractivity contribution < 1.29 is 9.18 Å². The fraction of sp³-hybridized carbons (Fsp3) is 0.364. The van der Waals surface area contributed by atoms with E-state index in [2.05, 4.69) is 15.9 Å². The summed E-state index contributed by atoms with van der Waals surface area (Å²) in [5, 5.41) is 0. The van der Waals surface area contributed by atoms with Crippen molar-refractivity contribution in [1.82, 2.24) is 4.90 Å². The van der Waals surface area contributed by atoms with Crippen molar-refractivity contribution in [1.29, 1.82) is 0 Å². The summed E-state index contributed by atoms with van der Waals surface area (Å²) < 4.78 is 13.4. The van der Waals surface area contributed by atoms with Gasteiger partial charge in [0, 0.05) is 23.8 Å². The smallest absolute Gasteiger partial charge is 0.254 e. The average molecular weight is 306 g/mol. The normalized spacial score (nSPS) is 10.2. The molecular weight excluding hydrogens is 293 g/mol. The van der Waals surface area contributed by atoms with Crippen molar-refractivity contribution in [3.05, 3.63) is 34.1 Å². The van der Waals surface area contributed by atoms with E-state index in [-0.39, 0.29) is 11.7 Å². The van der Waals surface area contributed by atoms with Gasteiger partial charge in [0.05, 0.1) is 5.56 Å². The molecule has 0 N–H and O–H groups in total. The van der Waals surface area contributed by atoms with Crippen LogP contribution in [0.2, 0.25) is 0 Å². The van der Waals surface area contributed by atoms with Crippen LogP contribution in [0.1, 0.15) is 10.4 Å². The fourth-order valence-corrected chi connectivity index (χ4v) is 2.18. The zero-order chi connectivity index (χ0) is 12.1. The standard InChI is InChI=1S/C11H13BrFNOS/c1-14(5-6-16-2)11(15)9-4-3-8(13)7-10(9)12/h3-4,7H,5-6H2,1-2H3. The van der Waals surface area contributed by atoms with Gasteiger partial charge < -0.3 is 4.90 Å². The lowest BCUT2D eigenvalue weighted by atomic mass is 10.2. The van der Waals surface area contributed by atoms with Crippen LogP contribution in [0.15, 0.2) is 22.7 Å². The first kappa shape index (κ1) is 13.5. The molecule has 0 saturated carbocycles. The molecule has 0 radical (unpaired) electrons. The summed E-state index contributed by atoms with van der Waals surface area (Å²) in [5.74, 6) is 0.442. The highest BCUT2D eigenvalue weighted by molar-refractivity contribution is 9.10. The predicted molar refractivity (Wildman–Crippen MR) is 69.4 cm³/mol. The van der Waals surface area contributed by atoms with Gasteiger partial charge in [-0.15, -0.1) is 0 Å². The zero-order valence-electron chi connectivity index (χ0n) is 9.17. The number of rotatable bonds is 4. The van der Waals surface area contributed by atoms with Crippen LogP contribution in [0.3, 0.4) is 0 Å². The number of halogens is 2. The molecule has 16 heavy (non-hydrogen) atoms. The molecule has 1 amide bonds. The van der Waals surface area contributed by atoms with Crippen LogP contribution in [0.4, 0.5) is 4.39 Å². The Hall–Kier alpha value is -0.550. The number of hydrogen-bond donors (Lipinski definition) is 0. The minimum atomic E-state index is -0.352. The van der Waals surface area contributed by atoms with Crippen molar-refractivity contribution in [2.75, 3.05) is 25.6 Å². The summed E-state index contributed by atoms with van der Waals surface area (Å²) in [6, 6.07) is 4.09. The molecule has 5 heteroatoms. The molecule has 0 spiro atoms. The molecule has 0 aliphatic carbocycles. The lowest BCUT2D eigenvalue weighted by molar-refractivity contribution is 0.0803. The maximum atomic E-state index is 12.9. The predicted octanol–water partition coefficient (Wildman–Crippen LogP) is 3.02. The van der Waals surface area contributed by atoms with Gasteiger partial charge in [0.1, 0.15) is 5.82 Å². The van der Waals surface area contributed by atoms with Crippen molar-refractivity contribution in [3.63, 3.8) is 0 Å². The van der Waals surface area contributed by atoms with Crippen LogP contribution < -0.4 is 0 Å². The van der Waals surface area contributed by atoms with Gasteiger partial charge in [-0.25, -0.2) is 4.39 Å². The number of benzene rings is 1. The molecule has 0 aromatic heterocycles. The zero-order valence-corrected chi connectivity index (χ0v) is 11.6. The van der Waals surface area contributed by atoms with E-state index in [0.29, 0.717) is 16.6 Å². The molecule has 0 bridgehead atoms. The Kier molecular flexibility index (Phi) is 5.28. The summed E-state index contributed by atoms with van der Waals surface area (Å²) >= 11 is 4.88. The quantitative estimate of drug-likeness (QED) is 0.852. The van der Waals surface area contributed by atoms with Gasteiger partial charge in [-0.3, -0.25) is 4.79 Å². The minimum absolute atomic E-state index is 0.0964. The third-order valence-corrected chi connectivity index (χ3v) is 3.39. The minimum Gasteiger partial charge on any atom is -0.341 e. The monoisotopic (exact) mass is 305 g/mol. The van der Waals surface area contributed by atoms with Crippen LogP contribution in [-0.2, 0) is 0 Å². The van der Waals surface area contributed by atoms with E-state index >= 15 is 0 Å². The van der Waals surface area contributed by atoms with Gasteiger partial charge in [-0.2, -0.15) is 11.8 Å². The molecule has 1 rings (SSSR count). The highest BCUT2D eigenvalue weighted by Gasteiger charge is 2.14. The molecule has 0 aliphatic heterocycles. The summed E-state index contributed by atoms with van der Waals surface area (Å²) in [5.41, 5.74) is 0.491. The SMILES string of the molecule is CSCCN(C)C(=O)c1ccc(F)cc1Br. The lowest BCUT2D eigenvalue weighted by Gasteiger charge is -2.17. The molecule has 0 atom stereocenters. The molecular formula is C11H13BrFNOS. The van der Waals surface area contributed by atoms with Gasteiger partial charge >= 0.3 is 0 Å². The number of carbonyl (C=O) groups is 1. The Morgan fingerprint density at radius 1 is 1.56 bits per heavy atom. The van der Waals surface area contributed by atoms with Crippen molar-refractivity contribution >= 4 is 33.6 Å². The Morgan fingerprint density at radius 2 is 2.25 bits per heavy atom. The van der Waals surface area contributed by atoms with E-state index in [4.69, 9.17) is 0 Å². The van der Waals surface area contributed by atoms with Crippen LogP contribution in [-0.4, -0.2) is 36.4 Å². The Bertz CT molecular complexity index is 386. The van der Waals surface area contributed by atoms with Gasteiger partial charge in [0.15, 0.2) is 0 Å². The van der Waals surface area contributed by atoms with Gasteiger partial charge in [-0.1, -0.05) is 0 Å². The first-order chi connectivity index (χ1) is 7.56. The van der Waals surface area contributed by atoms with Gasteiger partial charge in [0.25, 0.3) is 5.91 Å². The second-order valence-electron chi connectivity index (χ2n) is 3.34. The molecule has 0 unspecified atom stereocenters. The van der Waals surface area contributed by atoms with Gasteiger partial charge in [-0.05, 0) is 40.4 Å². The van der Waals surface area contributed by atoms with E-state index in [1.54, 1.807) is 23.7 Å². The van der Waals surface area contributed by atoms with Crippen LogP contribution in [0, 0.1) is 5.82 Å². The van der Waals surface area contributed by atoms with Crippen LogP contribution >= 0.6 is 27.7 Å². The number of nitrogens with zero attached hydrogens (tertiary/aromatic N) is 1. The number of carbonyl (C=O) groups excluding carboxylic acids is 1. The first-order valence-corrected chi connectivity index (χ1v) is 6.94. The van der Waals surface area contributed by atoms with Crippen molar-refractivity contribution in [2.24, 2.45) is 0 Å². The average Bonchev–Trinajstić information content (AvgIpc) is 2.25. The summed E-state index contributed by atoms with van der Waals surface area (Å²) in [4.78, 5) is 13.6.